The molecule has 0 bridgehead atoms. The van der Waals surface area contributed by atoms with Gasteiger partial charge in [0.15, 0.2) is 0 Å². The average molecular weight is 256 g/mol. The van der Waals surface area contributed by atoms with Crippen molar-refractivity contribution in [1.82, 2.24) is 0 Å². The van der Waals surface area contributed by atoms with Gasteiger partial charge in [-0.3, -0.25) is 0 Å². The van der Waals surface area contributed by atoms with Crippen LogP contribution in [0.15, 0.2) is 33.9 Å². The average Bonchev–Trinajstić information content (AvgIpc) is 2.21. The summed E-state index contributed by atoms with van der Waals surface area (Å²) in [6.45, 7) is 1.05. The lowest BCUT2D eigenvalue weighted by atomic mass is 10.3. The van der Waals surface area contributed by atoms with Gasteiger partial charge >= 0.3 is 0 Å². The van der Waals surface area contributed by atoms with Crippen LogP contribution in [-0.4, -0.2) is 13.2 Å². The van der Waals surface area contributed by atoms with E-state index in [1.807, 2.05) is 24.3 Å². The summed E-state index contributed by atoms with van der Waals surface area (Å²) >= 11 is 3.34. The number of hydrogen-bond acceptors (Lipinski definition) is 2. The summed E-state index contributed by atoms with van der Waals surface area (Å²) in [7, 11) is 0. The van der Waals surface area contributed by atoms with Crippen molar-refractivity contribution in [1.29, 1.82) is 0 Å². The Labute approximate surface area is 90.6 Å². The Morgan fingerprint density at radius 2 is 2.07 bits per heavy atom. The number of benzene rings is 1. The topological polar surface area (TPSA) is 58.0 Å². The molecule has 0 heterocycles. The van der Waals surface area contributed by atoms with Gasteiger partial charge in [-0.05, 0) is 36.2 Å². The zero-order valence-electron chi connectivity index (χ0n) is 7.56. The van der Waals surface area contributed by atoms with Crippen LogP contribution in [0.2, 0.25) is 0 Å². The molecular weight excluding hydrogens is 246 g/mol. The number of azide groups is 1. The second-order valence-electron chi connectivity index (χ2n) is 2.61. The van der Waals surface area contributed by atoms with E-state index in [1.54, 1.807) is 0 Å². The van der Waals surface area contributed by atoms with Crippen molar-refractivity contribution in [2.75, 3.05) is 13.2 Å². The summed E-state index contributed by atoms with van der Waals surface area (Å²) < 4.78 is 6.43. The molecule has 1 rings (SSSR count). The molecule has 0 aliphatic heterocycles. The molecule has 0 saturated carbocycles. The SMILES string of the molecule is [N-]=[N+]=NCCCOc1ccc(Br)cc1. The molecule has 0 fully saturated rings. The Bertz CT molecular complexity index is 319. The van der Waals surface area contributed by atoms with Gasteiger partial charge < -0.3 is 4.74 Å². The fraction of sp³-hybridized carbons (Fsp3) is 0.333. The fourth-order valence-corrected chi connectivity index (χ4v) is 1.17. The van der Waals surface area contributed by atoms with Crippen LogP contribution in [0.25, 0.3) is 10.4 Å². The molecule has 0 atom stereocenters. The van der Waals surface area contributed by atoms with Crippen LogP contribution in [0.4, 0.5) is 0 Å². The maximum atomic E-state index is 8.03. The molecule has 0 amide bonds. The first-order valence-electron chi connectivity index (χ1n) is 4.22. The van der Waals surface area contributed by atoms with Crippen molar-refractivity contribution in [3.63, 3.8) is 0 Å². The van der Waals surface area contributed by atoms with Crippen LogP contribution in [0.3, 0.4) is 0 Å². The van der Waals surface area contributed by atoms with Crippen molar-refractivity contribution in [3.8, 4) is 5.75 Å². The number of ether oxygens (including phenoxy) is 1. The first-order chi connectivity index (χ1) is 6.83. The van der Waals surface area contributed by atoms with Gasteiger partial charge in [0.2, 0.25) is 0 Å². The first-order valence-corrected chi connectivity index (χ1v) is 5.01. The number of hydrogen-bond donors (Lipinski definition) is 0. The summed E-state index contributed by atoms with van der Waals surface area (Å²) in [5.74, 6) is 0.828. The molecular formula is C9H10BrN3O. The van der Waals surface area contributed by atoms with Crippen LogP contribution >= 0.6 is 15.9 Å². The van der Waals surface area contributed by atoms with E-state index in [0.29, 0.717) is 13.2 Å². The lowest BCUT2D eigenvalue weighted by molar-refractivity contribution is 0.313. The third-order valence-electron chi connectivity index (χ3n) is 1.55. The Morgan fingerprint density at radius 1 is 1.36 bits per heavy atom. The third-order valence-corrected chi connectivity index (χ3v) is 2.08. The van der Waals surface area contributed by atoms with E-state index in [4.69, 9.17) is 10.3 Å². The molecule has 74 valence electrons. The molecule has 5 heteroatoms. The van der Waals surface area contributed by atoms with Gasteiger partial charge in [-0.15, -0.1) is 0 Å². The highest BCUT2D eigenvalue weighted by molar-refractivity contribution is 9.10. The van der Waals surface area contributed by atoms with Gasteiger partial charge in [0.1, 0.15) is 5.75 Å². The normalized spacial score (nSPS) is 9.21. The van der Waals surface area contributed by atoms with Crippen LogP contribution < -0.4 is 4.74 Å². The van der Waals surface area contributed by atoms with Gasteiger partial charge in [-0.2, -0.15) is 0 Å². The summed E-state index contributed by atoms with van der Waals surface area (Å²) in [6, 6.07) is 7.61. The molecule has 1 aromatic carbocycles. The minimum atomic E-state index is 0.479. The van der Waals surface area contributed by atoms with Crippen molar-refractivity contribution < 1.29 is 4.74 Å². The zero-order valence-corrected chi connectivity index (χ0v) is 9.14. The summed E-state index contributed by atoms with van der Waals surface area (Å²) in [5, 5.41) is 3.41. The second kappa shape index (κ2) is 6.29. The number of nitrogens with zero attached hydrogens (tertiary/aromatic N) is 3. The largest absolute Gasteiger partial charge is 0.494 e. The molecule has 4 nitrogen and oxygen atoms in total. The molecule has 0 unspecified atom stereocenters. The van der Waals surface area contributed by atoms with Gasteiger partial charge in [-0.25, -0.2) is 0 Å². The first kappa shape index (κ1) is 10.9. The Morgan fingerprint density at radius 3 is 2.71 bits per heavy atom. The van der Waals surface area contributed by atoms with Crippen molar-refractivity contribution in [2.45, 2.75) is 6.42 Å². The van der Waals surface area contributed by atoms with Crippen LogP contribution in [0, 0.1) is 0 Å². The molecule has 0 spiro atoms. The van der Waals surface area contributed by atoms with E-state index in [0.717, 1.165) is 16.6 Å². The lowest BCUT2D eigenvalue weighted by Crippen LogP contribution is -1.98. The van der Waals surface area contributed by atoms with E-state index in [-0.39, 0.29) is 0 Å². The van der Waals surface area contributed by atoms with Crippen molar-refractivity contribution >= 4 is 15.9 Å². The van der Waals surface area contributed by atoms with E-state index >= 15 is 0 Å². The van der Waals surface area contributed by atoms with Gasteiger partial charge in [0, 0.05) is 15.9 Å². The standard InChI is InChI=1S/C9H10BrN3O/c10-8-2-4-9(5-3-8)14-7-1-6-12-13-11/h2-5H,1,6-7H2. The smallest absolute Gasteiger partial charge is 0.119 e. The fourth-order valence-electron chi connectivity index (χ4n) is 0.901. The summed E-state index contributed by atoms with van der Waals surface area (Å²) in [6.07, 6.45) is 0.736. The van der Waals surface area contributed by atoms with Crippen molar-refractivity contribution in [2.24, 2.45) is 5.11 Å². The molecule has 0 radical (unpaired) electrons. The molecule has 14 heavy (non-hydrogen) atoms. The highest BCUT2D eigenvalue weighted by Gasteiger charge is 1.92. The van der Waals surface area contributed by atoms with Gasteiger partial charge in [0.25, 0.3) is 0 Å². The third kappa shape index (κ3) is 4.16. The quantitative estimate of drug-likeness (QED) is 0.344. The molecule has 0 N–H and O–H groups in total. The van der Waals surface area contributed by atoms with Crippen LogP contribution in [0.1, 0.15) is 6.42 Å². The van der Waals surface area contributed by atoms with Gasteiger partial charge in [-0.1, -0.05) is 21.0 Å². The van der Waals surface area contributed by atoms with Gasteiger partial charge in [0.05, 0.1) is 6.61 Å². The Hall–Kier alpha value is -1.19. The summed E-state index contributed by atoms with van der Waals surface area (Å²) in [4.78, 5) is 2.66. The lowest BCUT2D eigenvalue weighted by Gasteiger charge is -2.04. The Kier molecular flexibility index (Phi) is 4.89. The number of rotatable bonds is 5. The Balaban J connectivity index is 2.24. The molecule has 0 aliphatic carbocycles. The van der Waals surface area contributed by atoms with E-state index in [1.165, 1.54) is 0 Å². The molecule has 0 aromatic heterocycles. The second-order valence-corrected chi connectivity index (χ2v) is 3.53. The number of halogens is 1. The van der Waals surface area contributed by atoms with E-state index in [9.17, 15) is 0 Å². The van der Waals surface area contributed by atoms with Crippen LogP contribution in [0.5, 0.6) is 5.75 Å². The highest BCUT2D eigenvalue weighted by Crippen LogP contribution is 2.15. The maximum absolute atomic E-state index is 8.03. The minimum absolute atomic E-state index is 0.479. The molecule has 0 saturated heterocycles. The summed E-state index contributed by atoms with van der Waals surface area (Å²) in [5.41, 5.74) is 8.03. The zero-order chi connectivity index (χ0) is 10.2. The predicted molar refractivity (Wildman–Crippen MR) is 58.3 cm³/mol. The van der Waals surface area contributed by atoms with Crippen molar-refractivity contribution in [3.05, 3.63) is 39.2 Å². The monoisotopic (exact) mass is 255 g/mol. The minimum Gasteiger partial charge on any atom is -0.494 e. The van der Waals surface area contributed by atoms with E-state index in [2.05, 4.69) is 26.0 Å². The van der Waals surface area contributed by atoms with E-state index < -0.39 is 0 Å². The highest BCUT2D eigenvalue weighted by atomic mass is 79.9. The maximum Gasteiger partial charge on any atom is 0.119 e. The molecule has 1 aromatic rings. The predicted octanol–water partition coefficient (Wildman–Crippen LogP) is 3.53. The van der Waals surface area contributed by atoms with Crippen LogP contribution in [-0.2, 0) is 0 Å². The molecule has 0 aliphatic rings.